The van der Waals surface area contributed by atoms with Gasteiger partial charge < -0.3 is 9.88 Å². The maximum Gasteiger partial charge on any atom is 0.275 e. The van der Waals surface area contributed by atoms with Gasteiger partial charge in [-0.15, -0.1) is 0 Å². The molecule has 0 saturated carbocycles. The van der Waals surface area contributed by atoms with Crippen LogP contribution < -0.4 is 10.0 Å². The number of nitrogens with zero attached hydrogens (tertiary/aromatic N) is 3. The Bertz CT molecular complexity index is 1050. The molecular weight excluding hydrogens is 399 g/mol. The molecule has 0 aliphatic carbocycles. The second-order valence-electron chi connectivity index (χ2n) is 6.06. The Morgan fingerprint density at radius 3 is 2.64 bits per heavy atom. The third kappa shape index (κ3) is 4.49. The molecule has 0 aromatic carbocycles. The summed E-state index contributed by atoms with van der Waals surface area (Å²) in [6, 6.07) is 2.56. The van der Waals surface area contributed by atoms with Crippen molar-refractivity contribution in [2.45, 2.75) is 30.7 Å². The Morgan fingerprint density at radius 1 is 1.43 bits per heavy atom. The van der Waals surface area contributed by atoms with E-state index in [1.54, 1.807) is 10.8 Å². The summed E-state index contributed by atoms with van der Waals surface area (Å²) in [6.07, 6.45) is 2.06. The summed E-state index contributed by atoms with van der Waals surface area (Å²) >= 11 is 0. The third-order valence-electron chi connectivity index (χ3n) is 3.82. The highest BCUT2D eigenvalue weighted by Gasteiger charge is 2.36. The van der Waals surface area contributed by atoms with E-state index >= 15 is 0 Å². The number of nitriles is 1. The van der Waals surface area contributed by atoms with E-state index in [4.69, 9.17) is 5.26 Å². The fraction of sp³-hybridized carbons (Fsp3) is 0.312. The number of hydrogen-bond donors (Lipinski definition) is 2. The molecule has 2 N–H and O–H groups in total. The number of aryl methyl sites for hydroxylation is 1. The van der Waals surface area contributed by atoms with Crippen molar-refractivity contribution in [1.82, 2.24) is 14.3 Å². The molecule has 1 atom stereocenters. The molecular formula is C16H16F3N5O3S. The van der Waals surface area contributed by atoms with Crippen molar-refractivity contribution in [3.8, 4) is 6.07 Å². The van der Waals surface area contributed by atoms with Crippen molar-refractivity contribution in [3.05, 3.63) is 41.7 Å². The molecule has 12 heteroatoms. The summed E-state index contributed by atoms with van der Waals surface area (Å²) in [4.78, 5) is 15.1. The average molecular weight is 415 g/mol. The number of alkyl halides is 2. The van der Waals surface area contributed by atoms with Gasteiger partial charge in [0.15, 0.2) is 5.82 Å². The predicted octanol–water partition coefficient (Wildman–Crippen LogP) is 2.01. The van der Waals surface area contributed by atoms with Gasteiger partial charge in [-0.05, 0) is 19.1 Å². The number of amides is 1. The zero-order chi connectivity index (χ0) is 21.3. The van der Waals surface area contributed by atoms with Crippen molar-refractivity contribution in [3.63, 3.8) is 0 Å². The van der Waals surface area contributed by atoms with Crippen LogP contribution in [0.5, 0.6) is 0 Å². The van der Waals surface area contributed by atoms with Crippen LogP contribution in [-0.2, 0) is 17.1 Å². The maximum absolute atomic E-state index is 14.7. The Balaban J connectivity index is 2.35. The summed E-state index contributed by atoms with van der Waals surface area (Å²) in [5.41, 5.74) is -0.488. The largest absolute Gasteiger partial charge is 0.343 e. The Morgan fingerprint density at radius 2 is 2.07 bits per heavy atom. The molecule has 0 saturated heterocycles. The minimum absolute atomic E-state index is 0.00658. The van der Waals surface area contributed by atoms with Gasteiger partial charge in [0.1, 0.15) is 22.4 Å². The number of nitrogens with one attached hydrogen (secondary N) is 2. The molecule has 0 spiro atoms. The van der Waals surface area contributed by atoms with Gasteiger partial charge in [0.05, 0.1) is 6.04 Å². The van der Waals surface area contributed by atoms with Gasteiger partial charge in [-0.3, -0.25) is 4.79 Å². The molecule has 8 nitrogen and oxygen atoms in total. The van der Waals surface area contributed by atoms with Crippen LogP contribution in [-0.4, -0.2) is 35.8 Å². The SMILES string of the molecule is C[C@H](NS(=O)(=O)c1cn(C)c(C(=O)Nc2ccnc(C#N)c2)c1F)C(C)(F)F. The molecule has 2 heterocycles. The van der Waals surface area contributed by atoms with Crippen LogP contribution in [0.25, 0.3) is 0 Å². The summed E-state index contributed by atoms with van der Waals surface area (Å²) in [7, 11) is -3.43. The predicted molar refractivity (Wildman–Crippen MR) is 92.7 cm³/mol. The van der Waals surface area contributed by atoms with E-state index in [1.165, 1.54) is 25.4 Å². The molecule has 28 heavy (non-hydrogen) atoms. The molecule has 0 fully saturated rings. The molecule has 0 aliphatic rings. The first-order chi connectivity index (χ1) is 12.9. The van der Waals surface area contributed by atoms with Crippen LogP contribution in [0.2, 0.25) is 0 Å². The number of rotatable bonds is 6. The quantitative estimate of drug-likeness (QED) is 0.749. The molecule has 0 aliphatic heterocycles. The second-order valence-corrected chi connectivity index (χ2v) is 7.74. The standard InChI is InChI=1S/C16H16F3N5O3S/c1-9(16(2,18)19)23-28(26,27)12-8-24(3)14(13(12)17)15(25)22-10-4-5-21-11(6-10)7-20/h4-6,8-9,23H,1-3H3,(H,21,22,25)/t9-/m0/s1. The van der Waals surface area contributed by atoms with Gasteiger partial charge in [0.2, 0.25) is 10.0 Å². The third-order valence-corrected chi connectivity index (χ3v) is 5.34. The number of aromatic nitrogens is 2. The number of carbonyl (C=O) groups excluding carboxylic acids is 1. The first-order valence-electron chi connectivity index (χ1n) is 7.79. The fourth-order valence-electron chi connectivity index (χ4n) is 2.18. The van der Waals surface area contributed by atoms with Gasteiger partial charge in [-0.1, -0.05) is 0 Å². The van der Waals surface area contributed by atoms with Gasteiger partial charge in [-0.25, -0.2) is 31.3 Å². The minimum atomic E-state index is -4.65. The van der Waals surface area contributed by atoms with Crippen molar-refractivity contribution in [2.75, 3.05) is 5.32 Å². The van der Waals surface area contributed by atoms with Gasteiger partial charge in [-0.2, -0.15) is 5.26 Å². The van der Waals surface area contributed by atoms with Gasteiger partial charge >= 0.3 is 0 Å². The second kappa shape index (κ2) is 7.61. The highest BCUT2D eigenvalue weighted by molar-refractivity contribution is 7.89. The number of carbonyl (C=O) groups is 1. The summed E-state index contributed by atoms with van der Waals surface area (Å²) in [5.74, 6) is -5.77. The van der Waals surface area contributed by atoms with E-state index in [0.29, 0.717) is 6.92 Å². The van der Waals surface area contributed by atoms with E-state index in [-0.39, 0.29) is 11.4 Å². The molecule has 2 rings (SSSR count). The summed E-state index contributed by atoms with van der Waals surface area (Å²) in [6.45, 7) is 1.45. The van der Waals surface area contributed by atoms with Crippen LogP contribution in [0, 0.1) is 17.1 Å². The molecule has 0 unspecified atom stereocenters. The highest BCUT2D eigenvalue weighted by atomic mass is 32.2. The van der Waals surface area contributed by atoms with E-state index in [0.717, 1.165) is 17.7 Å². The lowest BCUT2D eigenvalue weighted by molar-refractivity contribution is -0.00490. The van der Waals surface area contributed by atoms with Gasteiger partial charge in [0, 0.05) is 32.1 Å². The monoisotopic (exact) mass is 415 g/mol. The molecule has 1 amide bonds. The first-order valence-corrected chi connectivity index (χ1v) is 9.27. The first kappa shape index (κ1) is 21.4. The van der Waals surface area contributed by atoms with Crippen LogP contribution >= 0.6 is 0 Å². The van der Waals surface area contributed by atoms with E-state index in [2.05, 4.69) is 10.3 Å². The van der Waals surface area contributed by atoms with Crippen LogP contribution in [0.4, 0.5) is 18.9 Å². The lowest BCUT2D eigenvalue weighted by Crippen LogP contribution is -2.43. The number of hydrogen-bond acceptors (Lipinski definition) is 5. The van der Waals surface area contributed by atoms with Crippen molar-refractivity contribution in [1.29, 1.82) is 5.26 Å². The zero-order valence-corrected chi connectivity index (χ0v) is 15.8. The zero-order valence-electron chi connectivity index (χ0n) is 15.0. The Labute approximate surface area is 159 Å². The molecule has 150 valence electrons. The van der Waals surface area contributed by atoms with Crippen molar-refractivity contribution >= 4 is 21.6 Å². The normalized spacial score (nSPS) is 13.0. The summed E-state index contributed by atoms with van der Waals surface area (Å²) < 4.78 is 68.3. The van der Waals surface area contributed by atoms with Crippen molar-refractivity contribution < 1.29 is 26.4 Å². The number of anilines is 1. The number of sulfonamides is 1. The Hall–Kier alpha value is -2.91. The maximum atomic E-state index is 14.7. The van der Waals surface area contributed by atoms with Crippen LogP contribution in [0.1, 0.15) is 30.0 Å². The smallest absolute Gasteiger partial charge is 0.275 e. The van der Waals surface area contributed by atoms with Crippen LogP contribution in [0.15, 0.2) is 29.4 Å². The number of pyridine rings is 1. The molecule has 2 aromatic heterocycles. The molecule has 0 bridgehead atoms. The summed E-state index contributed by atoms with van der Waals surface area (Å²) in [5, 5.41) is 11.1. The molecule has 0 radical (unpaired) electrons. The van der Waals surface area contributed by atoms with Crippen molar-refractivity contribution in [2.24, 2.45) is 7.05 Å². The van der Waals surface area contributed by atoms with Gasteiger partial charge in [0.25, 0.3) is 11.8 Å². The average Bonchev–Trinajstić information content (AvgIpc) is 2.89. The minimum Gasteiger partial charge on any atom is -0.343 e. The fourth-order valence-corrected chi connectivity index (χ4v) is 3.60. The highest BCUT2D eigenvalue weighted by Crippen LogP contribution is 2.24. The topological polar surface area (TPSA) is 117 Å². The van der Waals surface area contributed by atoms with E-state index < -0.39 is 44.3 Å². The van der Waals surface area contributed by atoms with E-state index in [1.807, 2.05) is 0 Å². The lowest BCUT2D eigenvalue weighted by atomic mass is 10.2. The Kier molecular flexibility index (Phi) is 5.81. The number of halogens is 3. The van der Waals surface area contributed by atoms with Crippen LogP contribution in [0.3, 0.4) is 0 Å². The lowest BCUT2D eigenvalue weighted by Gasteiger charge is -2.20. The van der Waals surface area contributed by atoms with E-state index in [9.17, 15) is 26.4 Å². The molecule has 2 aromatic rings.